The van der Waals surface area contributed by atoms with Crippen LogP contribution in [0.25, 0.3) is 0 Å². The molecule has 0 bridgehead atoms. The Bertz CT molecular complexity index is 126. The van der Waals surface area contributed by atoms with E-state index in [9.17, 15) is 4.79 Å². The predicted octanol–water partition coefficient (Wildman–Crippen LogP) is 0.921. The van der Waals surface area contributed by atoms with Crippen LogP contribution in [0.1, 0.15) is 27.2 Å². The Morgan fingerprint density at radius 1 is 1.56 bits per heavy atom. The van der Waals surface area contributed by atoms with Crippen LogP contribution in [0.5, 0.6) is 0 Å². The number of carbonyl (C=O) groups excluding carboxylic acids is 1. The lowest BCUT2D eigenvalue weighted by atomic mass is 9.81. The van der Waals surface area contributed by atoms with Crippen molar-refractivity contribution >= 4 is 5.91 Å². The van der Waals surface area contributed by atoms with Crippen molar-refractivity contribution < 1.29 is 4.79 Å². The van der Waals surface area contributed by atoms with Crippen molar-refractivity contribution in [1.29, 1.82) is 0 Å². The molecule has 1 fully saturated rings. The van der Waals surface area contributed by atoms with E-state index in [-0.39, 0.29) is 11.3 Å². The third kappa shape index (κ3) is 1.23. The molecule has 1 aliphatic heterocycles. The van der Waals surface area contributed by atoms with Gasteiger partial charge < -0.3 is 5.32 Å². The summed E-state index contributed by atoms with van der Waals surface area (Å²) in [7, 11) is 0. The second-order valence-electron chi connectivity index (χ2n) is 3.69. The van der Waals surface area contributed by atoms with Gasteiger partial charge in [-0.2, -0.15) is 0 Å². The Morgan fingerprint density at radius 3 is 2.11 bits per heavy atom. The van der Waals surface area contributed by atoms with E-state index in [2.05, 4.69) is 26.1 Å². The molecule has 0 aliphatic carbocycles. The summed E-state index contributed by atoms with van der Waals surface area (Å²) in [6.07, 6.45) is 0.712. The quantitative estimate of drug-likeness (QED) is 0.482. The molecule has 0 saturated carbocycles. The topological polar surface area (TPSA) is 29.1 Å². The lowest BCUT2D eigenvalue weighted by Gasteiger charge is -2.37. The van der Waals surface area contributed by atoms with Crippen LogP contribution < -0.4 is 5.32 Å². The Labute approximate surface area is 55.6 Å². The van der Waals surface area contributed by atoms with E-state index >= 15 is 0 Å². The molecule has 0 aromatic carbocycles. The van der Waals surface area contributed by atoms with Crippen molar-refractivity contribution in [2.24, 2.45) is 5.41 Å². The molecule has 1 rings (SSSR count). The number of amides is 1. The normalized spacial score (nSPS) is 27.0. The summed E-state index contributed by atoms with van der Waals surface area (Å²) in [6.45, 7) is 6.41. The number of hydrogen-bond acceptors (Lipinski definition) is 1. The SMILES string of the molecule is CC(C)(C)C1CC(=O)N1. The lowest BCUT2D eigenvalue weighted by Crippen LogP contribution is -2.55. The highest BCUT2D eigenvalue weighted by atomic mass is 16.2. The Hall–Kier alpha value is -0.530. The van der Waals surface area contributed by atoms with Crippen LogP contribution in [0, 0.1) is 5.41 Å². The maximum atomic E-state index is 10.4. The van der Waals surface area contributed by atoms with Crippen LogP contribution in [0.3, 0.4) is 0 Å². The first-order valence-electron chi connectivity index (χ1n) is 3.29. The van der Waals surface area contributed by atoms with Gasteiger partial charge in [0.25, 0.3) is 0 Å². The van der Waals surface area contributed by atoms with Gasteiger partial charge in [-0.3, -0.25) is 4.79 Å². The van der Waals surface area contributed by atoms with Gasteiger partial charge in [0.2, 0.25) is 5.91 Å². The van der Waals surface area contributed by atoms with Gasteiger partial charge in [0.15, 0.2) is 0 Å². The highest BCUT2D eigenvalue weighted by molar-refractivity contribution is 5.83. The molecule has 52 valence electrons. The van der Waals surface area contributed by atoms with Gasteiger partial charge in [0.05, 0.1) is 0 Å². The molecular weight excluding hydrogens is 114 g/mol. The van der Waals surface area contributed by atoms with E-state index in [4.69, 9.17) is 0 Å². The van der Waals surface area contributed by atoms with Gasteiger partial charge in [-0.1, -0.05) is 20.8 Å². The molecule has 2 heteroatoms. The minimum Gasteiger partial charge on any atom is -0.352 e. The molecule has 0 aromatic heterocycles. The van der Waals surface area contributed by atoms with Gasteiger partial charge in [-0.05, 0) is 5.41 Å². The number of hydrogen-bond donors (Lipinski definition) is 1. The Balaban J connectivity index is 2.40. The Morgan fingerprint density at radius 2 is 2.00 bits per heavy atom. The summed E-state index contributed by atoms with van der Waals surface area (Å²) >= 11 is 0. The highest BCUT2D eigenvalue weighted by Gasteiger charge is 2.34. The largest absolute Gasteiger partial charge is 0.352 e. The van der Waals surface area contributed by atoms with Crippen molar-refractivity contribution in [3.63, 3.8) is 0 Å². The average molecular weight is 127 g/mol. The van der Waals surface area contributed by atoms with Crippen molar-refractivity contribution in [3.05, 3.63) is 0 Å². The number of nitrogens with one attached hydrogen (secondary N) is 1. The fraction of sp³-hybridized carbons (Fsp3) is 0.857. The minimum atomic E-state index is 0.190. The van der Waals surface area contributed by atoms with Crippen molar-refractivity contribution in [2.45, 2.75) is 33.2 Å². The molecule has 1 atom stereocenters. The van der Waals surface area contributed by atoms with E-state index < -0.39 is 0 Å². The van der Waals surface area contributed by atoms with Gasteiger partial charge >= 0.3 is 0 Å². The van der Waals surface area contributed by atoms with Crippen molar-refractivity contribution in [1.82, 2.24) is 5.32 Å². The fourth-order valence-corrected chi connectivity index (χ4v) is 0.881. The number of rotatable bonds is 0. The standard InChI is InChI=1S/C7H13NO/c1-7(2,3)5-4-6(9)8-5/h5H,4H2,1-3H3,(H,8,9). The molecule has 2 nitrogen and oxygen atoms in total. The van der Waals surface area contributed by atoms with Crippen LogP contribution >= 0.6 is 0 Å². The van der Waals surface area contributed by atoms with Gasteiger partial charge in [0.1, 0.15) is 0 Å². The third-order valence-electron chi connectivity index (χ3n) is 1.77. The zero-order valence-electron chi connectivity index (χ0n) is 6.19. The van der Waals surface area contributed by atoms with E-state index in [1.807, 2.05) is 0 Å². The average Bonchev–Trinajstić information content (AvgIpc) is 1.55. The smallest absolute Gasteiger partial charge is 0.222 e. The summed E-state index contributed by atoms with van der Waals surface area (Å²) in [6, 6.07) is 0.407. The first kappa shape index (κ1) is 6.59. The van der Waals surface area contributed by atoms with E-state index in [1.165, 1.54) is 0 Å². The number of carbonyl (C=O) groups is 1. The zero-order valence-corrected chi connectivity index (χ0v) is 6.19. The first-order chi connectivity index (χ1) is 4.00. The van der Waals surface area contributed by atoms with Crippen LogP contribution in [0.15, 0.2) is 0 Å². The fourth-order valence-electron chi connectivity index (χ4n) is 0.881. The van der Waals surface area contributed by atoms with E-state index in [0.717, 1.165) is 0 Å². The molecular formula is C7H13NO. The molecule has 0 spiro atoms. The van der Waals surface area contributed by atoms with E-state index in [0.29, 0.717) is 12.5 Å². The van der Waals surface area contributed by atoms with Gasteiger partial charge in [0, 0.05) is 12.5 Å². The maximum absolute atomic E-state index is 10.4. The van der Waals surface area contributed by atoms with Gasteiger partial charge in [-0.15, -0.1) is 0 Å². The van der Waals surface area contributed by atoms with Crippen LogP contribution in [0.4, 0.5) is 0 Å². The molecule has 1 heterocycles. The molecule has 9 heavy (non-hydrogen) atoms. The predicted molar refractivity (Wildman–Crippen MR) is 36.0 cm³/mol. The maximum Gasteiger partial charge on any atom is 0.222 e. The Kier molecular flexibility index (Phi) is 1.26. The van der Waals surface area contributed by atoms with E-state index in [1.54, 1.807) is 0 Å². The van der Waals surface area contributed by atoms with Crippen LogP contribution in [0.2, 0.25) is 0 Å². The summed E-state index contributed by atoms with van der Waals surface area (Å²) in [5.74, 6) is 0.190. The highest BCUT2D eigenvalue weighted by Crippen LogP contribution is 2.26. The minimum absolute atomic E-state index is 0.190. The molecule has 1 saturated heterocycles. The summed E-state index contributed by atoms with van der Waals surface area (Å²) in [5.41, 5.74) is 0.244. The molecule has 1 N–H and O–H groups in total. The molecule has 1 amide bonds. The third-order valence-corrected chi connectivity index (χ3v) is 1.77. The monoisotopic (exact) mass is 127 g/mol. The number of β-lactam (4-membered cyclic amide) rings is 1. The summed E-state index contributed by atoms with van der Waals surface area (Å²) in [5, 5.41) is 2.84. The molecule has 1 aliphatic rings. The second-order valence-corrected chi connectivity index (χ2v) is 3.69. The molecule has 1 unspecified atom stereocenters. The van der Waals surface area contributed by atoms with Gasteiger partial charge in [-0.25, -0.2) is 0 Å². The summed E-state index contributed by atoms with van der Waals surface area (Å²) < 4.78 is 0. The molecule has 0 radical (unpaired) electrons. The van der Waals surface area contributed by atoms with Crippen LogP contribution in [-0.4, -0.2) is 11.9 Å². The van der Waals surface area contributed by atoms with Crippen molar-refractivity contribution in [3.8, 4) is 0 Å². The van der Waals surface area contributed by atoms with Crippen molar-refractivity contribution in [2.75, 3.05) is 0 Å². The lowest BCUT2D eigenvalue weighted by molar-refractivity contribution is -0.130. The zero-order chi connectivity index (χ0) is 7.07. The second kappa shape index (κ2) is 1.72. The molecule has 0 aromatic rings. The first-order valence-corrected chi connectivity index (χ1v) is 3.29. The summed E-state index contributed by atoms with van der Waals surface area (Å²) in [4.78, 5) is 10.4. The van der Waals surface area contributed by atoms with Crippen LogP contribution in [-0.2, 0) is 4.79 Å².